The minimum Gasteiger partial charge on any atom is -0.368 e. The summed E-state index contributed by atoms with van der Waals surface area (Å²) in [7, 11) is 0. The molecule has 1 aliphatic rings. The van der Waals surface area contributed by atoms with E-state index in [1.54, 1.807) is 6.08 Å². The Bertz CT molecular complexity index is 699. The Morgan fingerprint density at radius 2 is 1.69 bits per heavy atom. The van der Waals surface area contributed by atoms with E-state index >= 15 is 0 Å². The molecule has 142 valence electrons. The van der Waals surface area contributed by atoms with Gasteiger partial charge in [0.05, 0.1) is 0 Å². The summed E-state index contributed by atoms with van der Waals surface area (Å²) in [6.45, 7) is 3.45. The summed E-state index contributed by atoms with van der Waals surface area (Å²) >= 11 is 0. The molecule has 0 radical (unpaired) electrons. The van der Waals surface area contributed by atoms with Crippen LogP contribution in [0, 0.1) is 13.8 Å². The predicted octanol–water partition coefficient (Wildman–Crippen LogP) is 1.42. The van der Waals surface area contributed by atoms with E-state index in [2.05, 4.69) is 24.5 Å². The van der Waals surface area contributed by atoms with E-state index in [1.807, 2.05) is 0 Å². The van der Waals surface area contributed by atoms with Crippen LogP contribution in [0.2, 0.25) is 0 Å². The molecule has 0 aromatic carbocycles. The first-order valence-corrected chi connectivity index (χ1v) is 9.01. The SMILES string of the molecule is Cc1cc(/C=C/C(=O)N(CC(N)=O)CC(N)=O)c(C)n1C1CCCCC1. The second-order valence-electron chi connectivity index (χ2n) is 6.95. The van der Waals surface area contributed by atoms with Gasteiger partial charge >= 0.3 is 0 Å². The summed E-state index contributed by atoms with van der Waals surface area (Å²) in [5.74, 6) is -1.85. The molecule has 0 aliphatic heterocycles. The minimum absolute atomic E-state index is 0.340. The Morgan fingerprint density at radius 1 is 1.12 bits per heavy atom. The molecular formula is C19H28N4O3. The Balaban J connectivity index is 2.16. The quantitative estimate of drug-likeness (QED) is 0.717. The standard InChI is InChI=1S/C19H28N4O3/c1-13-10-15(14(2)23(13)16-6-4-3-5-7-16)8-9-19(26)22(11-17(20)24)12-18(21)25/h8-10,16H,3-7,11-12H2,1-2H3,(H2,20,24)(H2,21,25)/b9-8+. The van der Waals surface area contributed by atoms with Crippen LogP contribution in [0.4, 0.5) is 0 Å². The lowest BCUT2D eigenvalue weighted by molar-refractivity contribution is -0.134. The fourth-order valence-electron chi connectivity index (χ4n) is 3.73. The van der Waals surface area contributed by atoms with E-state index in [0.717, 1.165) is 16.2 Å². The number of nitrogens with two attached hydrogens (primary N) is 2. The van der Waals surface area contributed by atoms with Gasteiger partial charge in [-0.2, -0.15) is 0 Å². The maximum Gasteiger partial charge on any atom is 0.247 e. The number of aryl methyl sites for hydroxylation is 1. The number of amides is 3. The van der Waals surface area contributed by atoms with Gasteiger partial charge in [0.15, 0.2) is 0 Å². The number of aromatic nitrogens is 1. The molecule has 1 aromatic heterocycles. The highest BCUT2D eigenvalue weighted by Gasteiger charge is 2.20. The maximum atomic E-state index is 12.3. The Hall–Kier alpha value is -2.57. The van der Waals surface area contributed by atoms with Crippen LogP contribution in [0.25, 0.3) is 6.08 Å². The third kappa shape index (κ3) is 4.97. The zero-order valence-electron chi connectivity index (χ0n) is 15.5. The van der Waals surface area contributed by atoms with Crippen LogP contribution in [0.1, 0.15) is 55.1 Å². The summed E-state index contributed by atoms with van der Waals surface area (Å²) in [5, 5.41) is 0. The molecule has 2 rings (SSSR count). The monoisotopic (exact) mass is 360 g/mol. The molecule has 0 saturated heterocycles. The topological polar surface area (TPSA) is 111 Å². The van der Waals surface area contributed by atoms with Crippen LogP contribution in [-0.2, 0) is 14.4 Å². The molecule has 7 heteroatoms. The molecule has 7 nitrogen and oxygen atoms in total. The van der Waals surface area contributed by atoms with Crippen LogP contribution >= 0.6 is 0 Å². The van der Waals surface area contributed by atoms with Crippen molar-refractivity contribution < 1.29 is 14.4 Å². The van der Waals surface area contributed by atoms with Gasteiger partial charge in [0.1, 0.15) is 13.1 Å². The highest BCUT2D eigenvalue weighted by Crippen LogP contribution is 2.32. The van der Waals surface area contributed by atoms with E-state index < -0.39 is 17.7 Å². The smallest absolute Gasteiger partial charge is 0.247 e. The summed E-state index contributed by atoms with van der Waals surface area (Å²) in [6.07, 6.45) is 9.25. The molecule has 0 atom stereocenters. The van der Waals surface area contributed by atoms with Gasteiger partial charge in [-0.05, 0) is 44.4 Å². The molecule has 3 amide bonds. The van der Waals surface area contributed by atoms with Gasteiger partial charge in [-0.1, -0.05) is 19.3 Å². The highest BCUT2D eigenvalue weighted by molar-refractivity contribution is 5.96. The fourth-order valence-corrected chi connectivity index (χ4v) is 3.73. The number of carbonyl (C=O) groups excluding carboxylic acids is 3. The average molecular weight is 360 g/mol. The van der Waals surface area contributed by atoms with Gasteiger partial charge < -0.3 is 20.9 Å². The van der Waals surface area contributed by atoms with Crippen LogP contribution < -0.4 is 11.5 Å². The van der Waals surface area contributed by atoms with Crippen molar-refractivity contribution >= 4 is 23.8 Å². The first-order chi connectivity index (χ1) is 12.3. The van der Waals surface area contributed by atoms with Crippen molar-refractivity contribution in [1.82, 2.24) is 9.47 Å². The van der Waals surface area contributed by atoms with Gasteiger partial charge in [-0.3, -0.25) is 14.4 Å². The van der Waals surface area contributed by atoms with Gasteiger partial charge in [0.25, 0.3) is 0 Å². The molecular weight excluding hydrogens is 332 g/mol. The molecule has 1 fully saturated rings. The van der Waals surface area contributed by atoms with Crippen LogP contribution in [-0.4, -0.2) is 40.3 Å². The van der Waals surface area contributed by atoms with Crippen molar-refractivity contribution in [3.8, 4) is 0 Å². The second kappa shape index (κ2) is 8.69. The van der Waals surface area contributed by atoms with Gasteiger partial charge in [0, 0.05) is 23.5 Å². The second-order valence-corrected chi connectivity index (χ2v) is 6.95. The van der Waals surface area contributed by atoms with Crippen molar-refractivity contribution in [3.63, 3.8) is 0 Å². The Labute approximate surface area is 154 Å². The van der Waals surface area contributed by atoms with Crippen LogP contribution in [0.15, 0.2) is 12.1 Å². The summed E-state index contributed by atoms with van der Waals surface area (Å²) in [6, 6.07) is 2.57. The van der Waals surface area contributed by atoms with Crippen LogP contribution in [0.5, 0.6) is 0 Å². The van der Waals surface area contributed by atoms with Crippen molar-refractivity contribution in [1.29, 1.82) is 0 Å². The molecule has 0 spiro atoms. The van der Waals surface area contributed by atoms with E-state index in [-0.39, 0.29) is 13.1 Å². The third-order valence-corrected chi connectivity index (χ3v) is 4.87. The van der Waals surface area contributed by atoms with Crippen LogP contribution in [0.3, 0.4) is 0 Å². The molecule has 1 heterocycles. The van der Waals surface area contributed by atoms with Gasteiger partial charge in [0.2, 0.25) is 17.7 Å². The molecule has 1 aromatic rings. The fraction of sp³-hybridized carbons (Fsp3) is 0.526. The lowest BCUT2D eigenvalue weighted by atomic mass is 9.95. The first-order valence-electron chi connectivity index (χ1n) is 9.01. The maximum absolute atomic E-state index is 12.3. The zero-order chi connectivity index (χ0) is 19.3. The van der Waals surface area contributed by atoms with E-state index in [1.165, 1.54) is 43.9 Å². The minimum atomic E-state index is -0.691. The van der Waals surface area contributed by atoms with E-state index in [0.29, 0.717) is 6.04 Å². The highest BCUT2D eigenvalue weighted by atomic mass is 16.2. The number of primary amides is 2. The number of nitrogens with zero attached hydrogens (tertiary/aromatic N) is 2. The zero-order valence-corrected chi connectivity index (χ0v) is 15.5. The normalized spacial score (nSPS) is 15.3. The molecule has 26 heavy (non-hydrogen) atoms. The first kappa shape index (κ1) is 19.8. The molecule has 0 unspecified atom stereocenters. The summed E-state index contributed by atoms with van der Waals surface area (Å²) in [5.41, 5.74) is 13.5. The number of hydrogen-bond donors (Lipinski definition) is 2. The van der Waals surface area contributed by atoms with E-state index in [4.69, 9.17) is 11.5 Å². The Kier molecular flexibility index (Phi) is 6.60. The average Bonchev–Trinajstić information content (AvgIpc) is 2.85. The van der Waals surface area contributed by atoms with Crippen molar-refractivity contribution in [3.05, 3.63) is 29.1 Å². The lowest BCUT2D eigenvalue weighted by Gasteiger charge is -2.26. The lowest BCUT2D eigenvalue weighted by Crippen LogP contribution is -2.42. The number of rotatable bonds is 7. The van der Waals surface area contributed by atoms with Gasteiger partial charge in [-0.15, -0.1) is 0 Å². The summed E-state index contributed by atoms with van der Waals surface area (Å²) < 4.78 is 2.36. The Morgan fingerprint density at radius 3 is 2.23 bits per heavy atom. The number of carbonyl (C=O) groups is 3. The molecule has 4 N–H and O–H groups in total. The third-order valence-electron chi connectivity index (χ3n) is 4.87. The molecule has 0 bridgehead atoms. The molecule has 1 saturated carbocycles. The molecule has 1 aliphatic carbocycles. The van der Waals surface area contributed by atoms with Gasteiger partial charge in [-0.25, -0.2) is 0 Å². The van der Waals surface area contributed by atoms with Crippen molar-refractivity contribution in [2.24, 2.45) is 11.5 Å². The van der Waals surface area contributed by atoms with E-state index in [9.17, 15) is 14.4 Å². The number of hydrogen-bond acceptors (Lipinski definition) is 3. The largest absolute Gasteiger partial charge is 0.368 e. The predicted molar refractivity (Wildman–Crippen MR) is 100 cm³/mol. The summed E-state index contributed by atoms with van der Waals surface area (Å²) in [4.78, 5) is 35.5. The van der Waals surface area contributed by atoms with Crippen molar-refractivity contribution in [2.45, 2.75) is 52.0 Å². The van der Waals surface area contributed by atoms with Crippen molar-refractivity contribution in [2.75, 3.05) is 13.1 Å².